The molecule has 0 spiro atoms. The van der Waals surface area contributed by atoms with E-state index in [4.69, 9.17) is 17.3 Å². The quantitative estimate of drug-likeness (QED) is 0.323. The summed E-state index contributed by atoms with van der Waals surface area (Å²) in [6, 6.07) is 7.57. The van der Waals surface area contributed by atoms with Gasteiger partial charge in [0.05, 0.1) is 29.1 Å². The molecule has 4 N–H and O–H groups in total. The molecule has 4 aromatic rings. The van der Waals surface area contributed by atoms with E-state index in [0.29, 0.717) is 23.4 Å². The first-order chi connectivity index (χ1) is 18.0. The number of fused-ring (bicyclic) bond motifs is 4. The van der Waals surface area contributed by atoms with Crippen LogP contribution in [0.5, 0.6) is 0 Å². The molecule has 1 aromatic carbocycles. The number of rotatable bonds is 5. The highest BCUT2D eigenvalue weighted by atomic mass is 35.5. The van der Waals surface area contributed by atoms with E-state index in [9.17, 15) is 23.1 Å². The van der Waals surface area contributed by atoms with Crippen LogP contribution in [0.1, 0.15) is 25.3 Å². The number of nitrogens with zero attached hydrogens (tertiary/aromatic N) is 5. The number of alkyl halides is 3. The van der Waals surface area contributed by atoms with Crippen molar-refractivity contribution in [1.82, 2.24) is 24.4 Å². The molecule has 38 heavy (non-hydrogen) atoms. The van der Waals surface area contributed by atoms with E-state index in [-0.39, 0.29) is 45.7 Å². The third kappa shape index (κ3) is 4.03. The predicted molar refractivity (Wildman–Crippen MR) is 135 cm³/mol. The van der Waals surface area contributed by atoms with Gasteiger partial charge in [0.15, 0.2) is 0 Å². The van der Waals surface area contributed by atoms with Gasteiger partial charge in [0.25, 0.3) is 0 Å². The summed E-state index contributed by atoms with van der Waals surface area (Å²) in [6.07, 6.45) is -3.09. The molecular weight excluding hydrogens is 523 g/mol. The summed E-state index contributed by atoms with van der Waals surface area (Å²) >= 11 is 5.94. The van der Waals surface area contributed by atoms with Gasteiger partial charge in [-0.1, -0.05) is 24.6 Å². The number of benzene rings is 1. The summed E-state index contributed by atoms with van der Waals surface area (Å²) < 4.78 is 42.0. The number of halogens is 4. The van der Waals surface area contributed by atoms with Crippen LogP contribution in [-0.2, 0) is 17.5 Å². The highest BCUT2D eigenvalue weighted by Crippen LogP contribution is 2.59. The number of nitrogens with two attached hydrogens (primary N) is 1. The summed E-state index contributed by atoms with van der Waals surface area (Å²) in [4.78, 5) is 27.4. The molecule has 1 amide bonds. The number of pyridine rings is 1. The first-order valence-corrected chi connectivity index (χ1v) is 12.3. The molecule has 198 valence electrons. The fraction of sp³-hybridized carbons (Fsp3) is 0.360. The minimum absolute atomic E-state index is 0.0230. The highest BCUT2D eigenvalue weighted by molar-refractivity contribution is 6.29. The van der Waals surface area contributed by atoms with Crippen molar-refractivity contribution in [3.05, 3.63) is 53.4 Å². The van der Waals surface area contributed by atoms with Crippen LogP contribution in [-0.4, -0.2) is 53.7 Å². The second kappa shape index (κ2) is 8.52. The van der Waals surface area contributed by atoms with Crippen molar-refractivity contribution < 1.29 is 23.1 Å². The topological polar surface area (TPSA) is 122 Å². The van der Waals surface area contributed by atoms with Crippen molar-refractivity contribution in [1.29, 1.82) is 0 Å². The summed E-state index contributed by atoms with van der Waals surface area (Å²) in [5, 5.41) is 15.0. The Bertz CT molecular complexity index is 1590. The first-order valence-electron chi connectivity index (χ1n) is 11.9. The fourth-order valence-electron chi connectivity index (χ4n) is 5.72. The van der Waals surface area contributed by atoms with Gasteiger partial charge < -0.3 is 20.7 Å². The number of carbonyl (C=O) groups is 1. The van der Waals surface area contributed by atoms with E-state index in [1.807, 2.05) is 0 Å². The average Bonchev–Trinajstić information content (AvgIpc) is 3.25. The Kier molecular flexibility index (Phi) is 5.57. The zero-order chi connectivity index (χ0) is 27.0. The van der Waals surface area contributed by atoms with Crippen LogP contribution in [0.25, 0.3) is 21.9 Å². The SMILES string of the molecule is C[C@]12CC1N(C(O)Cn1c3ccc(C(F)(F)F)cc3c3c(N)ncnc31)[C@H](C(=O)Nc1cccc(Cl)n1)C2. The monoisotopic (exact) mass is 545 g/mol. The van der Waals surface area contributed by atoms with Gasteiger partial charge in [-0.05, 0) is 48.6 Å². The third-order valence-corrected chi connectivity index (χ3v) is 7.85. The molecule has 2 unspecified atom stereocenters. The molecule has 2 aliphatic rings. The lowest BCUT2D eigenvalue weighted by Crippen LogP contribution is -2.49. The van der Waals surface area contributed by atoms with E-state index in [1.54, 1.807) is 27.7 Å². The Hall–Kier alpha value is -3.48. The second-order valence-electron chi connectivity index (χ2n) is 10.2. The van der Waals surface area contributed by atoms with Crippen LogP contribution in [0, 0.1) is 5.41 Å². The molecule has 1 aliphatic heterocycles. The zero-order valence-corrected chi connectivity index (χ0v) is 20.8. The first kappa shape index (κ1) is 24.8. The van der Waals surface area contributed by atoms with E-state index in [1.165, 1.54) is 12.4 Å². The number of hydrogen-bond acceptors (Lipinski definition) is 7. The summed E-state index contributed by atoms with van der Waals surface area (Å²) in [5.74, 6) is 0.0170. The molecule has 6 rings (SSSR count). The number of hydrogen-bond donors (Lipinski definition) is 3. The maximum atomic E-state index is 13.5. The number of likely N-dealkylation sites (tertiary alicyclic amines) is 1. The van der Waals surface area contributed by atoms with E-state index in [0.717, 1.165) is 18.6 Å². The number of nitrogen functional groups attached to an aromatic ring is 1. The molecule has 4 heterocycles. The third-order valence-electron chi connectivity index (χ3n) is 7.64. The Morgan fingerprint density at radius 3 is 2.82 bits per heavy atom. The minimum atomic E-state index is -4.54. The predicted octanol–water partition coefficient (Wildman–Crippen LogP) is 4.04. The van der Waals surface area contributed by atoms with Gasteiger partial charge >= 0.3 is 6.18 Å². The molecule has 0 bridgehead atoms. The molecule has 1 aliphatic carbocycles. The highest BCUT2D eigenvalue weighted by Gasteiger charge is 2.64. The van der Waals surface area contributed by atoms with Gasteiger partial charge in [-0.25, -0.2) is 15.0 Å². The number of aliphatic hydroxyl groups excluding tert-OH is 1. The van der Waals surface area contributed by atoms with Gasteiger partial charge in [0.1, 0.15) is 35.0 Å². The maximum Gasteiger partial charge on any atom is 0.416 e. The number of carbonyl (C=O) groups excluding carboxylic acids is 1. The zero-order valence-electron chi connectivity index (χ0n) is 20.1. The lowest BCUT2D eigenvalue weighted by Gasteiger charge is -2.31. The Balaban J connectivity index is 1.35. The van der Waals surface area contributed by atoms with Crippen molar-refractivity contribution in [2.24, 2.45) is 5.41 Å². The molecule has 13 heteroatoms. The smallest absolute Gasteiger partial charge is 0.383 e. The van der Waals surface area contributed by atoms with Gasteiger partial charge in [-0.3, -0.25) is 9.69 Å². The van der Waals surface area contributed by atoms with Crippen molar-refractivity contribution in [2.45, 2.75) is 50.8 Å². The molecule has 3 aromatic heterocycles. The Morgan fingerprint density at radius 1 is 1.29 bits per heavy atom. The van der Waals surface area contributed by atoms with E-state index >= 15 is 0 Å². The van der Waals surface area contributed by atoms with Gasteiger partial charge in [0.2, 0.25) is 5.91 Å². The average molecular weight is 546 g/mol. The van der Waals surface area contributed by atoms with Crippen LogP contribution in [0.15, 0.2) is 42.7 Å². The molecule has 2 fully saturated rings. The number of aromatic nitrogens is 4. The van der Waals surface area contributed by atoms with Crippen molar-refractivity contribution in [3.63, 3.8) is 0 Å². The second-order valence-corrected chi connectivity index (χ2v) is 10.5. The number of nitrogens with one attached hydrogen (secondary N) is 1. The number of amides is 1. The van der Waals surface area contributed by atoms with Gasteiger partial charge in [0, 0.05) is 11.4 Å². The van der Waals surface area contributed by atoms with Crippen LogP contribution in [0.3, 0.4) is 0 Å². The van der Waals surface area contributed by atoms with E-state index in [2.05, 4.69) is 27.2 Å². The van der Waals surface area contributed by atoms with E-state index < -0.39 is 24.0 Å². The Labute approximate surface area is 219 Å². The fourth-order valence-corrected chi connectivity index (χ4v) is 5.88. The number of aliphatic hydroxyl groups is 1. The molecule has 1 saturated carbocycles. The van der Waals surface area contributed by atoms with Crippen molar-refractivity contribution >= 4 is 51.1 Å². The lowest BCUT2D eigenvalue weighted by atomic mass is 10.0. The molecule has 9 nitrogen and oxygen atoms in total. The van der Waals surface area contributed by atoms with Crippen LogP contribution >= 0.6 is 11.6 Å². The normalized spacial score (nSPS) is 24.1. The Morgan fingerprint density at radius 2 is 2.08 bits per heavy atom. The molecule has 1 saturated heterocycles. The molecule has 0 radical (unpaired) electrons. The standard InChI is InChI=1S/C25H23ClF3N7O2/c1-24-8-15(23(38)34-18-4-2-3-17(26)33-18)36(16(24)9-24)19(37)10-35-14-6-5-12(25(27,28)29)7-13(14)20-21(30)31-11-32-22(20)35/h2-7,11,15-16,19,37H,8-10H2,1H3,(H2,30,31,32)(H,33,34,38)/t15-,16?,19?,24-/m0/s1. The van der Waals surface area contributed by atoms with Crippen LogP contribution in [0.4, 0.5) is 24.8 Å². The molecular formula is C25H23ClF3N7O2. The number of anilines is 2. The summed E-state index contributed by atoms with van der Waals surface area (Å²) in [6.45, 7) is 2.02. The summed E-state index contributed by atoms with van der Waals surface area (Å²) in [7, 11) is 0. The van der Waals surface area contributed by atoms with Crippen LogP contribution < -0.4 is 11.1 Å². The largest absolute Gasteiger partial charge is 0.416 e. The molecule has 4 atom stereocenters. The lowest BCUT2D eigenvalue weighted by molar-refractivity contribution is -0.137. The number of piperidine rings is 1. The van der Waals surface area contributed by atoms with Crippen molar-refractivity contribution in [2.75, 3.05) is 11.1 Å². The van der Waals surface area contributed by atoms with Crippen LogP contribution in [0.2, 0.25) is 5.15 Å². The summed E-state index contributed by atoms with van der Waals surface area (Å²) in [5.41, 5.74) is 5.82. The van der Waals surface area contributed by atoms with Gasteiger partial charge in [-0.2, -0.15) is 13.2 Å². The van der Waals surface area contributed by atoms with Gasteiger partial charge in [-0.15, -0.1) is 0 Å². The minimum Gasteiger partial charge on any atom is -0.383 e. The maximum absolute atomic E-state index is 13.5. The van der Waals surface area contributed by atoms with Crippen molar-refractivity contribution in [3.8, 4) is 0 Å².